The van der Waals surface area contributed by atoms with Gasteiger partial charge in [0.05, 0.1) is 25.2 Å². The Kier molecular flexibility index (Phi) is 5.85. The zero-order valence-electron chi connectivity index (χ0n) is 16.3. The number of rotatable bonds is 6. The summed E-state index contributed by atoms with van der Waals surface area (Å²) in [7, 11) is 1.43. The second-order valence-electron chi connectivity index (χ2n) is 7.24. The van der Waals surface area contributed by atoms with E-state index < -0.39 is 11.5 Å². The first-order valence-electron chi connectivity index (χ1n) is 9.63. The summed E-state index contributed by atoms with van der Waals surface area (Å²) >= 11 is 0. The molecule has 1 heterocycles. The van der Waals surface area contributed by atoms with Crippen molar-refractivity contribution in [3.05, 3.63) is 65.2 Å². The average molecular weight is 368 g/mol. The standard InChI is InChI=1S/C23H28O4/c1-4-23(5-2,22(25)26-3)18-11-12-19-20(14-18)27-15-17(21(19)24)13-16-9-7-6-8-10-16/h6-12,14,17,21,24H,4-5,13,15H2,1-3H3/t17-,21+/m1/s1. The van der Waals surface area contributed by atoms with Gasteiger partial charge in [0.2, 0.25) is 0 Å². The Morgan fingerprint density at radius 1 is 1.19 bits per heavy atom. The van der Waals surface area contributed by atoms with E-state index in [9.17, 15) is 9.90 Å². The van der Waals surface area contributed by atoms with Gasteiger partial charge in [-0.25, -0.2) is 0 Å². The lowest BCUT2D eigenvalue weighted by Gasteiger charge is -2.33. The molecule has 0 radical (unpaired) electrons. The third-order valence-electron chi connectivity index (χ3n) is 5.91. The maximum absolute atomic E-state index is 12.5. The molecule has 2 aromatic carbocycles. The molecule has 4 nitrogen and oxygen atoms in total. The van der Waals surface area contributed by atoms with Crippen LogP contribution in [-0.2, 0) is 21.4 Å². The second kappa shape index (κ2) is 8.13. The number of hydrogen-bond donors (Lipinski definition) is 1. The molecule has 0 amide bonds. The van der Waals surface area contributed by atoms with Gasteiger partial charge in [0.15, 0.2) is 0 Å². The molecule has 0 unspecified atom stereocenters. The summed E-state index contributed by atoms with van der Waals surface area (Å²) in [5.74, 6) is 0.443. The van der Waals surface area contributed by atoms with Crippen molar-refractivity contribution in [2.75, 3.05) is 13.7 Å². The van der Waals surface area contributed by atoms with Gasteiger partial charge in [-0.05, 0) is 36.5 Å². The predicted octanol–water partition coefficient (Wildman–Crippen LogP) is 4.20. The fraction of sp³-hybridized carbons (Fsp3) is 0.435. The number of methoxy groups -OCH3 is 1. The van der Waals surface area contributed by atoms with E-state index >= 15 is 0 Å². The van der Waals surface area contributed by atoms with Gasteiger partial charge in [0, 0.05) is 11.5 Å². The van der Waals surface area contributed by atoms with Crippen LogP contribution >= 0.6 is 0 Å². The molecule has 1 aliphatic rings. The highest BCUT2D eigenvalue weighted by molar-refractivity contribution is 5.83. The van der Waals surface area contributed by atoms with Gasteiger partial charge in [-0.1, -0.05) is 56.3 Å². The molecule has 0 aliphatic carbocycles. The van der Waals surface area contributed by atoms with Crippen molar-refractivity contribution >= 4 is 5.97 Å². The lowest BCUT2D eigenvalue weighted by atomic mass is 9.75. The van der Waals surface area contributed by atoms with Crippen LogP contribution in [0.2, 0.25) is 0 Å². The summed E-state index contributed by atoms with van der Waals surface area (Å²) in [5.41, 5.74) is 2.18. The number of hydrogen-bond acceptors (Lipinski definition) is 4. The fourth-order valence-electron chi connectivity index (χ4n) is 4.09. The number of fused-ring (bicyclic) bond motifs is 1. The number of esters is 1. The van der Waals surface area contributed by atoms with Gasteiger partial charge in [0.1, 0.15) is 5.75 Å². The van der Waals surface area contributed by atoms with Crippen LogP contribution in [0.3, 0.4) is 0 Å². The number of benzene rings is 2. The van der Waals surface area contributed by atoms with Crippen LogP contribution < -0.4 is 4.74 Å². The molecular weight excluding hydrogens is 340 g/mol. The Balaban J connectivity index is 1.88. The molecule has 4 heteroatoms. The highest BCUT2D eigenvalue weighted by Crippen LogP contribution is 2.41. The molecule has 0 aromatic heterocycles. The van der Waals surface area contributed by atoms with E-state index in [1.54, 1.807) is 0 Å². The molecule has 1 aliphatic heterocycles. The molecule has 1 N–H and O–H groups in total. The minimum Gasteiger partial charge on any atom is -0.493 e. The van der Waals surface area contributed by atoms with E-state index in [2.05, 4.69) is 12.1 Å². The Morgan fingerprint density at radius 2 is 1.89 bits per heavy atom. The number of aliphatic hydroxyl groups is 1. The SMILES string of the molecule is CCC(CC)(C(=O)OC)c1ccc2c(c1)OC[C@@H](Cc1ccccc1)[C@@H]2O. The number of ether oxygens (including phenoxy) is 2. The van der Waals surface area contributed by atoms with Gasteiger partial charge in [-0.2, -0.15) is 0 Å². The third-order valence-corrected chi connectivity index (χ3v) is 5.91. The zero-order chi connectivity index (χ0) is 19.4. The van der Waals surface area contributed by atoms with Crippen LogP contribution in [0.4, 0.5) is 0 Å². The Hall–Kier alpha value is -2.33. The van der Waals surface area contributed by atoms with Crippen molar-refractivity contribution in [1.29, 1.82) is 0 Å². The van der Waals surface area contributed by atoms with E-state index in [1.165, 1.54) is 12.7 Å². The van der Waals surface area contributed by atoms with Crippen LogP contribution in [0.1, 0.15) is 49.5 Å². The number of carbonyl (C=O) groups excluding carboxylic acids is 1. The van der Waals surface area contributed by atoms with E-state index in [0.717, 1.165) is 17.5 Å². The van der Waals surface area contributed by atoms with Gasteiger partial charge in [-0.3, -0.25) is 4.79 Å². The number of aliphatic hydroxyl groups excluding tert-OH is 1. The Labute approximate surface area is 161 Å². The largest absolute Gasteiger partial charge is 0.493 e. The van der Waals surface area contributed by atoms with Crippen LogP contribution in [0.25, 0.3) is 0 Å². The van der Waals surface area contributed by atoms with Crippen molar-refractivity contribution in [1.82, 2.24) is 0 Å². The first kappa shape index (κ1) is 19.4. The second-order valence-corrected chi connectivity index (χ2v) is 7.24. The Bertz CT molecular complexity index is 780. The van der Waals surface area contributed by atoms with Crippen molar-refractivity contribution in [3.63, 3.8) is 0 Å². The first-order valence-corrected chi connectivity index (χ1v) is 9.63. The van der Waals surface area contributed by atoms with Crippen LogP contribution in [0.15, 0.2) is 48.5 Å². The van der Waals surface area contributed by atoms with Crippen LogP contribution in [-0.4, -0.2) is 24.8 Å². The highest BCUT2D eigenvalue weighted by atomic mass is 16.5. The molecule has 0 fully saturated rings. The average Bonchev–Trinajstić information content (AvgIpc) is 2.72. The molecular formula is C23H28O4. The fourth-order valence-corrected chi connectivity index (χ4v) is 4.09. The van der Waals surface area contributed by atoms with Gasteiger partial charge in [0.25, 0.3) is 0 Å². The lowest BCUT2D eigenvalue weighted by Crippen LogP contribution is -2.36. The van der Waals surface area contributed by atoms with E-state index in [-0.39, 0.29) is 11.9 Å². The molecule has 0 saturated heterocycles. The molecule has 144 valence electrons. The molecule has 0 bridgehead atoms. The molecule has 3 rings (SSSR count). The van der Waals surface area contributed by atoms with Gasteiger partial charge < -0.3 is 14.6 Å². The molecule has 0 saturated carbocycles. The van der Waals surface area contributed by atoms with E-state index in [4.69, 9.17) is 9.47 Å². The summed E-state index contributed by atoms with van der Waals surface area (Å²) in [6.45, 7) is 4.44. The quantitative estimate of drug-likeness (QED) is 0.777. The van der Waals surface area contributed by atoms with Crippen molar-refractivity contribution < 1.29 is 19.4 Å². The minimum absolute atomic E-state index is 0.00784. The zero-order valence-corrected chi connectivity index (χ0v) is 16.3. The molecule has 2 aromatic rings. The first-order chi connectivity index (χ1) is 13.1. The lowest BCUT2D eigenvalue weighted by molar-refractivity contribution is -0.148. The van der Waals surface area contributed by atoms with Crippen LogP contribution in [0.5, 0.6) is 5.75 Å². The summed E-state index contributed by atoms with van der Waals surface area (Å²) in [4.78, 5) is 12.5. The number of carbonyl (C=O) groups is 1. The maximum atomic E-state index is 12.5. The minimum atomic E-state index is -0.682. The van der Waals surface area contributed by atoms with E-state index in [0.29, 0.717) is 25.2 Å². The monoisotopic (exact) mass is 368 g/mol. The third kappa shape index (κ3) is 3.59. The smallest absolute Gasteiger partial charge is 0.316 e. The van der Waals surface area contributed by atoms with Crippen molar-refractivity contribution in [2.24, 2.45) is 5.92 Å². The summed E-state index contributed by atoms with van der Waals surface area (Å²) in [6, 6.07) is 15.9. The van der Waals surface area contributed by atoms with Crippen molar-refractivity contribution in [3.8, 4) is 5.75 Å². The summed E-state index contributed by atoms with van der Waals surface area (Å²) < 4.78 is 11.1. The highest BCUT2D eigenvalue weighted by Gasteiger charge is 2.39. The summed E-state index contributed by atoms with van der Waals surface area (Å²) in [5, 5.41) is 10.9. The van der Waals surface area contributed by atoms with Crippen LogP contribution in [0, 0.1) is 5.92 Å². The van der Waals surface area contributed by atoms with Gasteiger partial charge >= 0.3 is 5.97 Å². The maximum Gasteiger partial charge on any atom is 0.316 e. The predicted molar refractivity (Wildman–Crippen MR) is 105 cm³/mol. The Morgan fingerprint density at radius 3 is 2.52 bits per heavy atom. The summed E-state index contributed by atoms with van der Waals surface area (Å²) in [6.07, 6.45) is 1.47. The molecule has 0 spiro atoms. The topological polar surface area (TPSA) is 55.8 Å². The molecule has 27 heavy (non-hydrogen) atoms. The normalized spacial score (nSPS) is 19.1. The van der Waals surface area contributed by atoms with Crippen molar-refractivity contribution in [2.45, 2.75) is 44.6 Å². The van der Waals surface area contributed by atoms with E-state index in [1.807, 2.05) is 50.2 Å². The molecule has 2 atom stereocenters. The van der Waals surface area contributed by atoms with Gasteiger partial charge in [-0.15, -0.1) is 0 Å².